The van der Waals surface area contributed by atoms with Crippen molar-refractivity contribution < 1.29 is 18.6 Å². The van der Waals surface area contributed by atoms with Crippen molar-refractivity contribution >= 4 is 34.0 Å². The number of benzene rings is 3. The SMILES string of the molecule is COc1ccc(CNc2nc3cc(-c4cnn(C)c4-c4c(F)c(Cl)cc(OC5CC5)c4C#N)ccc3n3cnc(C)c23)c(OC)c1. The maximum atomic E-state index is 15.8. The van der Waals surface area contributed by atoms with Crippen molar-refractivity contribution in [3.05, 3.63) is 82.6 Å². The van der Waals surface area contributed by atoms with E-state index in [0.29, 0.717) is 40.6 Å². The zero-order valence-electron chi connectivity index (χ0n) is 25.6. The fourth-order valence-electron chi connectivity index (χ4n) is 5.70. The highest BCUT2D eigenvalue weighted by atomic mass is 35.5. The topological polar surface area (TPSA) is 112 Å². The quantitative estimate of drug-likeness (QED) is 0.179. The Morgan fingerprint density at radius 1 is 1.11 bits per heavy atom. The first kappa shape index (κ1) is 29.4. The van der Waals surface area contributed by atoms with Crippen LogP contribution in [-0.4, -0.2) is 44.5 Å². The molecule has 0 atom stereocenters. The van der Waals surface area contributed by atoms with Gasteiger partial charge < -0.3 is 19.5 Å². The average Bonchev–Trinajstić information content (AvgIpc) is 3.68. The summed E-state index contributed by atoms with van der Waals surface area (Å²) in [6.45, 7) is 2.38. The summed E-state index contributed by atoms with van der Waals surface area (Å²) >= 11 is 6.35. The number of nitrogens with one attached hydrogen (secondary N) is 1. The van der Waals surface area contributed by atoms with Gasteiger partial charge in [0.1, 0.15) is 40.7 Å². The predicted molar refractivity (Wildman–Crippen MR) is 173 cm³/mol. The molecule has 1 N–H and O–H groups in total. The summed E-state index contributed by atoms with van der Waals surface area (Å²) in [5.41, 5.74) is 5.97. The lowest BCUT2D eigenvalue weighted by Gasteiger charge is -2.16. The molecule has 3 aromatic carbocycles. The van der Waals surface area contributed by atoms with Crippen molar-refractivity contribution in [3.8, 4) is 45.7 Å². The minimum absolute atomic E-state index is 0.00342. The maximum absolute atomic E-state index is 15.8. The smallest absolute Gasteiger partial charge is 0.153 e. The second-order valence-electron chi connectivity index (χ2n) is 11.1. The van der Waals surface area contributed by atoms with Crippen LogP contribution < -0.4 is 19.5 Å². The fourth-order valence-corrected chi connectivity index (χ4v) is 5.90. The Morgan fingerprint density at radius 2 is 1.93 bits per heavy atom. The fraction of sp³-hybridized carbons (Fsp3) is 0.235. The van der Waals surface area contributed by atoms with Gasteiger partial charge in [-0.15, -0.1) is 0 Å². The maximum Gasteiger partial charge on any atom is 0.153 e. The highest BCUT2D eigenvalue weighted by Crippen LogP contribution is 2.43. The third-order valence-corrected chi connectivity index (χ3v) is 8.46. The molecule has 12 heteroatoms. The van der Waals surface area contributed by atoms with Crippen LogP contribution in [0.5, 0.6) is 17.2 Å². The number of nitriles is 1. The number of hydrogen-bond donors (Lipinski definition) is 1. The summed E-state index contributed by atoms with van der Waals surface area (Å²) < 4.78 is 36.2. The molecule has 3 aromatic heterocycles. The Balaban J connectivity index is 1.34. The molecule has 1 aliphatic rings. The van der Waals surface area contributed by atoms with Gasteiger partial charge in [0, 0.05) is 36.9 Å². The van der Waals surface area contributed by atoms with Gasteiger partial charge in [-0.05, 0) is 49.6 Å². The molecular weight excluding hydrogens is 609 g/mol. The number of imidazole rings is 1. The van der Waals surface area contributed by atoms with Crippen molar-refractivity contribution in [3.63, 3.8) is 0 Å². The minimum atomic E-state index is -0.707. The first-order chi connectivity index (χ1) is 22.3. The number of aryl methyl sites for hydroxylation is 2. The Bertz CT molecular complexity index is 2200. The summed E-state index contributed by atoms with van der Waals surface area (Å²) in [5, 5.41) is 17.9. The van der Waals surface area contributed by atoms with Gasteiger partial charge >= 0.3 is 0 Å². The number of halogens is 2. The highest BCUT2D eigenvalue weighted by molar-refractivity contribution is 6.31. The molecule has 0 saturated heterocycles. The van der Waals surface area contributed by atoms with Gasteiger partial charge in [-0.3, -0.25) is 9.08 Å². The van der Waals surface area contributed by atoms with Gasteiger partial charge in [0.05, 0.1) is 59.5 Å². The van der Waals surface area contributed by atoms with E-state index in [2.05, 4.69) is 21.5 Å². The molecule has 46 heavy (non-hydrogen) atoms. The van der Waals surface area contributed by atoms with Gasteiger partial charge in [0.2, 0.25) is 0 Å². The van der Waals surface area contributed by atoms with Crippen LogP contribution in [0.2, 0.25) is 5.02 Å². The predicted octanol–water partition coefficient (Wildman–Crippen LogP) is 7.09. The normalized spacial score (nSPS) is 12.8. The van der Waals surface area contributed by atoms with E-state index in [4.69, 9.17) is 30.8 Å². The van der Waals surface area contributed by atoms with E-state index in [-0.39, 0.29) is 28.0 Å². The first-order valence-corrected chi connectivity index (χ1v) is 15.0. The van der Waals surface area contributed by atoms with Crippen molar-refractivity contribution in [2.24, 2.45) is 7.05 Å². The van der Waals surface area contributed by atoms with Crippen LogP contribution in [0.1, 0.15) is 29.7 Å². The van der Waals surface area contributed by atoms with Crippen LogP contribution in [-0.2, 0) is 13.6 Å². The Kier molecular flexibility index (Phi) is 7.37. The summed E-state index contributed by atoms with van der Waals surface area (Å²) in [5.74, 6) is 1.59. The Morgan fingerprint density at radius 3 is 2.67 bits per heavy atom. The summed E-state index contributed by atoms with van der Waals surface area (Å²) in [6.07, 6.45) is 5.17. The lowest BCUT2D eigenvalue weighted by molar-refractivity contribution is 0.302. The van der Waals surface area contributed by atoms with Gasteiger partial charge in [-0.1, -0.05) is 17.7 Å². The average molecular weight is 638 g/mol. The third kappa shape index (κ3) is 5.01. The lowest BCUT2D eigenvalue weighted by Crippen LogP contribution is -2.06. The zero-order chi connectivity index (χ0) is 32.1. The molecule has 3 heterocycles. The second kappa shape index (κ2) is 11.5. The van der Waals surface area contributed by atoms with Crippen LogP contribution in [0.15, 0.2) is 55.0 Å². The molecule has 0 spiro atoms. The molecule has 6 aromatic rings. The molecule has 0 unspecified atom stereocenters. The molecular formula is C34H29ClFN7O3. The molecule has 0 aliphatic heterocycles. The molecule has 7 rings (SSSR count). The standard InChI is InChI=1S/C34H29ClFN7O3/c1-18-32-34(38-15-20-5-7-22(44-3)12-28(20)45-4)41-26-11-19(6-10-27(26)43(32)17-39-18)24-16-40-42(2)33(24)30-23(14-37)29(46-21-8-9-21)13-25(35)31(30)36/h5-7,10-13,16-17,21H,8-9,15H2,1-4H3,(H,38,41). The number of rotatable bonds is 9. The van der Waals surface area contributed by atoms with E-state index in [1.54, 1.807) is 38.5 Å². The van der Waals surface area contributed by atoms with Crippen LogP contribution >= 0.6 is 11.6 Å². The van der Waals surface area contributed by atoms with Gasteiger partial charge in [0.15, 0.2) is 11.6 Å². The number of methoxy groups -OCH3 is 2. The van der Waals surface area contributed by atoms with E-state index in [1.807, 2.05) is 47.7 Å². The van der Waals surface area contributed by atoms with Gasteiger partial charge in [-0.2, -0.15) is 10.4 Å². The van der Waals surface area contributed by atoms with Gasteiger partial charge in [0.25, 0.3) is 0 Å². The third-order valence-electron chi connectivity index (χ3n) is 8.18. The monoisotopic (exact) mass is 637 g/mol. The highest BCUT2D eigenvalue weighted by Gasteiger charge is 2.30. The Hall–Kier alpha value is -5.34. The Labute approximate surface area is 268 Å². The molecule has 232 valence electrons. The summed E-state index contributed by atoms with van der Waals surface area (Å²) in [4.78, 5) is 9.58. The number of ether oxygens (including phenoxy) is 3. The van der Waals surface area contributed by atoms with Crippen LogP contribution in [0, 0.1) is 24.1 Å². The lowest BCUT2D eigenvalue weighted by atomic mass is 9.96. The molecule has 0 bridgehead atoms. The molecule has 0 amide bonds. The van der Waals surface area contributed by atoms with E-state index >= 15 is 4.39 Å². The number of hydrogen-bond acceptors (Lipinski definition) is 8. The van der Waals surface area contributed by atoms with Crippen molar-refractivity contribution in [2.45, 2.75) is 32.4 Å². The first-order valence-electron chi connectivity index (χ1n) is 14.6. The number of anilines is 1. The van der Waals surface area contributed by atoms with Crippen LogP contribution in [0.3, 0.4) is 0 Å². The van der Waals surface area contributed by atoms with Crippen molar-refractivity contribution in [1.29, 1.82) is 5.26 Å². The molecule has 1 saturated carbocycles. The van der Waals surface area contributed by atoms with Crippen LogP contribution in [0.25, 0.3) is 38.9 Å². The zero-order valence-corrected chi connectivity index (χ0v) is 26.3. The van der Waals surface area contributed by atoms with Crippen molar-refractivity contribution in [2.75, 3.05) is 19.5 Å². The number of fused-ring (bicyclic) bond motifs is 3. The largest absolute Gasteiger partial charge is 0.497 e. The number of nitrogens with zero attached hydrogens (tertiary/aromatic N) is 6. The van der Waals surface area contributed by atoms with Crippen molar-refractivity contribution in [1.82, 2.24) is 24.1 Å². The summed E-state index contributed by atoms with van der Waals surface area (Å²) in [6, 6.07) is 15.0. The minimum Gasteiger partial charge on any atom is -0.497 e. The second-order valence-corrected chi connectivity index (χ2v) is 11.5. The van der Waals surface area contributed by atoms with E-state index in [9.17, 15) is 5.26 Å². The van der Waals surface area contributed by atoms with Crippen LogP contribution in [0.4, 0.5) is 10.2 Å². The molecule has 1 aliphatic carbocycles. The number of aromatic nitrogens is 5. The molecule has 10 nitrogen and oxygen atoms in total. The van der Waals surface area contributed by atoms with E-state index in [1.165, 1.54) is 6.07 Å². The van der Waals surface area contributed by atoms with E-state index in [0.717, 1.165) is 40.7 Å². The van der Waals surface area contributed by atoms with E-state index < -0.39 is 5.82 Å². The van der Waals surface area contributed by atoms with Gasteiger partial charge in [-0.25, -0.2) is 14.4 Å². The molecule has 0 radical (unpaired) electrons. The molecule has 1 fully saturated rings. The summed E-state index contributed by atoms with van der Waals surface area (Å²) in [7, 11) is 4.94.